The molecule has 0 bridgehead atoms. The molecular formula is C29H37NO4. The third-order valence-corrected chi connectivity index (χ3v) is 7.29. The Bertz CT molecular complexity index is 916. The molecule has 0 spiro atoms. The van der Waals surface area contributed by atoms with Crippen molar-refractivity contribution in [1.29, 1.82) is 0 Å². The zero-order valence-corrected chi connectivity index (χ0v) is 20.2. The molecule has 0 radical (unpaired) electrons. The quantitative estimate of drug-likeness (QED) is 0.231. The number of rotatable bonds is 11. The molecule has 4 atom stereocenters. The lowest BCUT2D eigenvalue weighted by Crippen LogP contribution is -2.39. The first-order valence-electron chi connectivity index (χ1n) is 12.9. The molecular weight excluding hydrogens is 426 g/mol. The first-order chi connectivity index (χ1) is 16.7. The maximum absolute atomic E-state index is 13.1. The predicted molar refractivity (Wildman–Crippen MR) is 133 cm³/mol. The van der Waals surface area contributed by atoms with E-state index in [9.17, 15) is 9.59 Å². The van der Waals surface area contributed by atoms with Crippen molar-refractivity contribution in [3.8, 4) is 11.5 Å². The predicted octanol–water partition coefficient (Wildman–Crippen LogP) is 6.03. The molecule has 0 N–H and O–H groups in total. The molecule has 0 aromatic heterocycles. The Hall–Kier alpha value is -2.66. The number of esters is 2. The molecule has 182 valence electrons. The van der Waals surface area contributed by atoms with E-state index in [2.05, 4.69) is 11.8 Å². The molecule has 2 aliphatic heterocycles. The number of nitrogens with zero attached hydrogens (tertiary/aromatic N) is 1. The van der Waals surface area contributed by atoms with Crippen LogP contribution in [0.1, 0.15) is 64.7 Å². The van der Waals surface area contributed by atoms with E-state index in [1.165, 1.54) is 32.1 Å². The highest BCUT2D eigenvalue weighted by Crippen LogP contribution is 2.42. The normalized spacial score (nSPS) is 24.0. The van der Waals surface area contributed by atoms with Crippen molar-refractivity contribution >= 4 is 11.9 Å². The van der Waals surface area contributed by atoms with Crippen LogP contribution in [0.25, 0.3) is 0 Å². The van der Waals surface area contributed by atoms with Gasteiger partial charge in [0.1, 0.15) is 11.5 Å². The summed E-state index contributed by atoms with van der Waals surface area (Å²) in [5.74, 6) is 0.590. The molecule has 2 aromatic carbocycles. The van der Waals surface area contributed by atoms with Gasteiger partial charge < -0.3 is 9.47 Å². The van der Waals surface area contributed by atoms with Gasteiger partial charge in [0, 0.05) is 18.6 Å². The largest absolute Gasteiger partial charge is 0.426 e. The van der Waals surface area contributed by atoms with Gasteiger partial charge in [0.25, 0.3) is 0 Å². The maximum Gasteiger partial charge on any atom is 0.315 e. The van der Waals surface area contributed by atoms with E-state index >= 15 is 0 Å². The molecule has 2 saturated heterocycles. The average Bonchev–Trinajstić information content (AvgIpc) is 3.42. The summed E-state index contributed by atoms with van der Waals surface area (Å²) in [7, 11) is 0. The SMILES string of the molecule is CCCCCCCCC1C(C(=O)Oc2ccccc2)CC2CC(C(=O)Oc3ccccc3)CN21. The summed E-state index contributed by atoms with van der Waals surface area (Å²) in [6.45, 7) is 2.89. The smallest absolute Gasteiger partial charge is 0.315 e. The number of ether oxygens (including phenoxy) is 2. The van der Waals surface area contributed by atoms with Crippen molar-refractivity contribution in [2.45, 2.75) is 76.8 Å². The molecule has 5 nitrogen and oxygen atoms in total. The first kappa shape index (κ1) is 24.5. The van der Waals surface area contributed by atoms with Crippen LogP contribution in [-0.4, -0.2) is 35.5 Å². The van der Waals surface area contributed by atoms with Gasteiger partial charge in [-0.25, -0.2) is 0 Å². The van der Waals surface area contributed by atoms with Crippen LogP contribution in [0.5, 0.6) is 11.5 Å². The van der Waals surface area contributed by atoms with Crippen LogP contribution >= 0.6 is 0 Å². The lowest BCUT2D eigenvalue weighted by molar-refractivity contribution is -0.140. The summed E-state index contributed by atoms with van der Waals surface area (Å²) < 4.78 is 11.4. The van der Waals surface area contributed by atoms with Gasteiger partial charge in [-0.15, -0.1) is 0 Å². The number of benzene rings is 2. The summed E-state index contributed by atoms with van der Waals surface area (Å²) in [5, 5.41) is 0. The maximum atomic E-state index is 13.1. The molecule has 2 fully saturated rings. The van der Waals surface area contributed by atoms with Gasteiger partial charge in [0.2, 0.25) is 0 Å². The molecule has 2 aliphatic rings. The fraction of sp³-hybridized carbons (Fsp3) is 0.517. The molecule has 4 rings (SSSR count). The Labute approximate surface area is 203 Å². The first-order valence-corrected chi connectivity index (χ1v) is 12.9. The highest BCUT2D eigenvalue weighted by atomic mass is 16.5. The number of fused-ring (bicyclic) bond motifs is 1. The second-order valence-electron chi connectivity index (χ2n) is 9.72. The van der Waals surface area contributed by atoms with Crippen molar-refractivity contribution in [2.75, 3.05) is 6.54 Å². The highest BCUT2D eigenvalue weighted by Gasteiger charge is 2.51. The zero-order chi connectivity index (χ0) is 23.8. The minimum atomic E-state index is -0.165. The Morgan fingerprint density at radius 3 is 2.03 bits per heavy atom. The summed E-state index contributed by atoms with van der Waals surface area (Å²) in [6, 6.07) is 19.0. The fourth-order valence-electron chi connectivity index (χ4n) is 5.55. The van der Waals surface area contributed by atoms with Gasteiger partial charge in [0.15, 0.2) is 0 Å². The number of carbonyl (C=O) groups excluding carboxylic acids is 2. The van der Waals surface area contributed by atoms with Gasteiger partial charge in [-0.3, -0.25) is 14.5 Å². The molecule has 4 unspecified atom stereocenters. The van der Waals surface area contributed by atoms with Crippen molar-refractivity contribution < 1.29 is 19.1 Å². The van der Waals surface area contributed by atoms with Gasteiger partial charge in [-0.05, 0) is 43.5 Å². The van der Waals surface area contributed by atoms with E-state index in [1.807, 2.05) is 60.7 Å². The number of unbranched alkanes of at least 4 members (excludes halogenated alkanes) is 5. The standard InChI is InChI=1S/C29H37NO4/c1-2-3-4-5-6-13-18-27-26(29(32)34-25-16-11-8-12-17-25)20-23-19-22(21-30(23)27)28(31)33-24-14-9-7-10-15-24/h7-12,14-17,22-23,26-27H,2-6,13,18-21H2,1H3. The summed E-state index contributed by atoms with van der Waals surface area (Å²) in [4.78, 5) is 28.4. The molecule has 2 heterocycles. The van der Waals surface area contributed by atoms with Gasteiger partial charge in [-0.1, -0.05) is 81.8 Å². The van der Waals surface area contributed by atoms with Crippen LogP contribution in [0.2, 0.25) is 0 Å². The number of para-hydroxylation sites is 2. The molecule has 2 aromatic rings. The molecule has 0 amide bonds. The van der Waals surface area contributed by atoms with E-state index in [-0.39, 0.29) is 35.9 Å². The van der Waals surface area contributed by atoms with E-state index in [4.69, 9.17) is 9.47 Å². The molecule has 0 saturated carbocycles. The van der Waals surface area contributed by atoms with Crippen LogP contribution in [-0.2, 0) is 9.59 Å². The minimum absolute atomic E-state index is 0.127. The second kappa shape index (κ2) is 12.2. The zero-order valence-electron chi connectivity index (χ0n) is 20.2. The van der Waals surface area contributed by atoms with E-state index in [1.54, 1.807) is 0 Å². The van der Waals surface area contributed by atoms with E-state index in [0.29, 0.717) is 18.0 Å². The molecule has 34 heavy (non-hydrogen) atoms. The van der Waals surface area contributed by atoms with E-state index in [0.717, 1.165) is 25.7 Å². The van der Waals surface area contributed by atoms with Crippen LogP contribution < -0.4 is 9.47 Å². The minimum Gasteiger partial charge on any atom is -0.426 e. The molecule has 5 heteroatoms. The lowest BCUT2D eigenvalue weighted by Gasteiger charge is -2.27. The van der Waals surface area contributed by atoms with Gasteiger partial charge in [0.05, 0.1) is 11.8 Å². The van der Waals surface area contributed by atoms with Crippen LogP contribution in [0.4, 0.5) is 0 Å². The average molecular weight is 464 g/mol. The Balaban J connectivity index is 1.38. The summed E-state index contributed by atoms with van der Waals surface area (Å²) in [5.41, 5.74) is 0. The van der Waals surface area contributed by atoms with Crippen molar-refractivity contribution in [2.24, 2.45) is 11.8 Å². The van der Waals surface area contributed by atoms with Crippen LogP contribution in [0.3, 0.4) is 0 Å². The number of hydrogen-bond acceptors (Lipinski definition) is 5. The number of hydrogen-bond donors (Lipinski definition) is 0. The van der Waals surface area contributed by atoms with E-state index < -0.39 is 0 Å². The third kappa shape index (κ3) is 6.26. The topological polar surface area (TPSA) is 55.8 Å². The summed E-state index contributed by atoms with van der Waals surface area (Å²) in [6.07, 6.45) is 9.81. The second-order valence-corrected chi connectivity index (χ2v) is 9.72. The van der Waals surface area contributed by atoms with Gasteiger partial charge in [-0.2, -0.15) is 0 Å². The van der Waals surface area contributed by atoms with Gasteiger partial charge >= 0.3 is 11.9 Å². The third-order valence-electron chi connectivity index (χ3n) is 7.29. The lowest BCUT2D eigenvalue weighted by atomic mass is 9.91. The van der Waals surface area contributed by atoms with Crippen LogP contribution in [0.15, 0.2) is 60.7 Å². The van der Waals surface area contributed by atoms with Crippen LogP contribution in [0, 0.1) is 11.8 Å². The fourth-order valence-corrected chi connectivity index (χ4v) is 5.55. The number of carbonyl (C=O) groups is 2. The summed E-state index contributed by atoms with van der Waals surface area (Å²) >= 11 is 0. The Morgan fingerprint density at radius 1 is 0.794 bits per heavy atom. The highest BCUT2D eigenvalue weighted by molar-refractivity contribution is 5.78. The van der Waals surface area contributed by atoms with Crippen molar-refractivity contribution in [3.05, 3.63) is 60.7 Å². The Kier molecular flexibility index (Phi) is 8.75. The Morgan fingerprint density at radius 2 is 1.38 bits per heavy atom. The monoisotopic (exact) mass is 463 g/mol. The molecule has 0 aliphatic carbocycles. The van der Waals surface area contributed by atoms with Crippen molar-refractivity contribution in [1.82, 2.24) is 4.90 Å². The van der Waals surface area contributed by atoms with Crippen molar-refractivity contribution in [3.63, 3.8) is 0 Å².